The van der Waals surface area contributed by atoms with E-state index in [1.807, 2.05) is 78.9 Å². The Morgan fingerprint density at radius 2 is 1.70 bits per heavy atom. The number of fused-ring (bicyclic) bond motifs is 1. The number of methoxy groups -OCH3 is 1. The van der Waals surface area contributed by atoms with Crippen LogP contribution in [-0.2, 0) is 11.4 Å². The van der Waals surface area contributed by atoms with Gasteiger partial charge < -0.3 is 14.8 Å². The summed E-state index contributed by atoms with van der Waals surface area (Å²) in [7, 11) is 1.61. The molecule has 1 aliphatic heterocycles. The number of carbonyl (C=O) groups is 1. The van der Waals surface area contributed by atoms with Crippen LogP contribution in [0.5, 0.6) is 11.5 Å². The Kier molecular flexibility index (Phi) is 4.62. The fourth-order valence-electron chi connectivity index (χ4n) is 3.13. The molecule has 134 valence electrons. The van der Waals surface area contributed by atoms with Crippen molar-refractivity contribution in [2.45, 2.75) is 6.61 Å². The van der Waals surface area contributed by atoms with E-state index in [0.717, 1.165) is 22.4 Å². The normalized spacial score (nSPS) is 14.0. The zero-order valence-electron chi connectivity index (χ0n) is 14.9. The van der Waals surface area contributed by atoms with E-state index in [2.05, 4.69) is 5.32 Å². The molecule has 0 atom stereocenters. The Hall–Kier alpha value is -3.53. The van der Waals surface area contributed by atoms with E-state index >= 15 is 0 Å². The second kappa shape index (κ2) is 7.38. The average molecular weight is 357 g/mol. The van der Waals surface area contributed by atoms with E-state index < -0.39 is 0 Å². The molecule has 0 saturated carbocycles. The van der Waals surface area contributed by atoms with Crippen molar-refractivity contribution < 1.29 is 14.3 Å². The molecule has 0 bridgehead atoms. The molecule has 1 amide bonds. The summed E-state index contributed by atoms with van der Waals surface area (Å²) in [6.45, 7) is 0.417. The highest BCUT2D eigenvalue weighted by molar-refractivity contribution is 6.35. The van der Waals surface area contributed by atoms with E-state index in [1.165, 1.54) is 0 Å². The number of hydrogen-bond donors (Lipinski definition) is 1. The number of para-hydroxylation sites is 2. The lowest BCUT2D eigenvalue weighted by atomic mass is 10.0. The SMILES string of the molecule is COc1cccc(C=C2C(=O)Nc3ccccc32)c1OCc1ccccc1. The number of nitrogens with one attached hydrogen (secondary N) is 1. The van der Waals surface area contributed by atoms with Gasteiger partial charge in [-0.15, -0.1) is 0 Å². The summed E-state index contributed by atoms with van der Waals surface area (Å²) in [5.74, 6) is 1.13. The summed E-state index contributed by atoms with van der Waals surface area (Å²) < 4.78 is 11.6. The monoisotopic (exact) mass is 357 g/mol. The maximum Gasteiger partial charge on any atom is 0.256 e. The molecule has 1 N–H and O–H groups in total. The third-order valence-corrected chi connectivity index (χ3v) is 4.47. The van der Waals surface area contributed by atoms with Crippen molar-refractivity contribution >= 4 is 23.2 Å². The highest BCUT2D eigenvalue weighted by Crippen LogP contribution is 2.37. The fraction of sp³-hybridized carbons (Fsp3) is 0.0870. The average Bonchev–Trinajstić information content (AvgIpc) is 3.03. The van der Waals surface area contributed by atoms with Gasteiger partial charge in [-0.25, -0.2) is 0 Å². The zero-order valence-corrected chi connectivity index (χ0v) is 14.9. The van der Waals surface area contributed by atoms with Gasteiger partial charge in [0.25, 0.3) is 5.91 Å². The van der Waals surface area contributed by atoms with Crippen molar-refractivity contribution in [1.82, 2.24) is 0 Å². The number of rotatable bonds is 5. The molecule has 27 heavy (non-hydrogen) atoms. The minimum absolute atomic E-state index is 0.118. The van der Waals surface area contributed by atoms with Crippen LogP contribution in [0.2, 0.25) is 0 Å². The van der Waals surface area contributed by atoms with Crippen molar-refractivity contribution in [1.29, 1.82) is 0 Å². The van der Waals surface area contributed by atoms with Crippen LogP contribution in [0.4, 0.5) is 5.69 Å². The molecular weight excluding hydrogens is 338 g/mol. The van der Waals surface area contributed by atoms with E-state index in [-0.39, 0.29) is 5.91 Å². The van der Waals surface area contributed by atoms with E-state index in [9.17, 15) is 4.79 Å². The molecule has 0 radical (unpaired) electrons. The molecule has 0 aliphatic carbocycles. The molecule has 0 aromatic heterocycles. The first-order chi connectivity index (χ1) is 13.3. The zero-order chi connectivity index (χ0) is 18.6. The highest BCUT2D eigenvalue weighted by Gasteiger charge is 2.24. The van der Waals surface area contributed by atoms with Crippen molar-refractivity contribution in [3.8, 4) is 11.5 Å². The smallest absolute Gasteiger partial charge is 0.256 e. The van der Waals surface area contributed by atoms with Gasteiger partial charge in [-0.2, -0.15) is 0 Å². The quantitative estimate of drug-likeness (QED) is 0.669. The topological polar surface area (TPSA) is 47.6 Å². The lowest BCUT2D eigenvalue weighted by Gasteiger charge is -2.14. The first kappa shape index (κ1) is 16.9. The van der Waals surface area contributed by atoms with E-state index in [4.69, 9.17) is 9.47 Å². The Balaban J connectivity index is 1.72. The summed E-state index contributed by atoms with van der Waals surface area (Å²) in [6.07, 6.45) is 1.85. The van der Waals surface area contributed by atoms with Crippen molar-refractivity contribution in [2.75, 3.05) is 12.4 Å². The third kappa shape index (κ3) is 3.42. The molecule has 3 aromatic carbocycles. The molecule has 0 spiro atoms. The van der Waals surface area contributed by atoms with Gasteiger partial charge in [0.2, 0.25) is 0 Å². The van der Waals surface area contributed by atoms with Gasteiger partial charge in [-0.05, 0) is 23.8 Å². The number of ether oxygens (including phenoxy) is 2. The van der Waals surface area contributed by atoms with Gasteiger partial charge in [-0.1, -0.05) is 60.7 Å². The number of carbonyl (C=O) groups excluding carboxylic acids is 1. The summed E-state index contributed by atoms with van der Waals surface area (Å²) >= 11 is 0. The van der Waals surface area contributed by atoms with Crippen LogP contribution in [0.1, 0.15) is 16.7 Å². The molecule has 0 saturated heterocycles. The highest BCUT2D eigenvalue weighted by atomic mass is 16.5. The number of amides is 1. The Bertz CT molecular complexity index is 1010. The standard InChI is InChI=1S/C23H19NO3/c1-26-21-13-7-10-17(22(21)27-15-16-8-3-2-4-9-16)14-19-18-11-5-6-12-20(18)24-23(19)25/h2-14H,15H2,1H3,(H,24,25). The fourth-order valence-corrected chi connectivity index (χ4v) is 3.13. The number of benzene rings is 3. The second-order valence-electron chi connectivity index (χ2n) is 6.21. The summed E-state index contributed by atoms with van der Waals surface area (Å²) in [5, 5.41) is 2.89. The predicted octanol–water partition coefficient (Wildman–Crippen LogP) is 4.77. The van der Waals surface area contributed by atoms with Gasteiger partial charge in [-0.3, -0.25) is 4.79 Å². The molecule has 4 rings (SSSR count). The third-order valence-electron chi connectivity index (χ3n) is 4.47. The summed E-state index contributed by atoms with van der Waals surface area (Å²) in [6, 6.07) is 23.3. The molecule has 1 heterocycles. The van der Waals surface area contributed by atoms with Crippen LogP contribution in [-0.4, -0.2) is 13.0 Å². The van der Waals surface area contributed by atoms with Crippen molar-refractivity contribution in [3.63, 3.8) is 0 Å². The van der Waals surface area contributed by atoms with Crippen molar-refractivity contribution in [3.05, 3.63) is 89.5 Å². The largest absolute Gasteiger partial charge is 0.493 e. The number of hydrogen-bond acceptors (Lipinski definition) is 3. The Morgan fingerprint density at radius 3 is 2.52 bits per heavy atom. The van der Waals surface area contributed by atoms with Gasteiger partial charge in [0.05, 0.1) is 7.11 Å². The maximum absolute atomic E-state index is 12.4. The van der Waals surface area contributed by atoms with Gasteiger partial charge in [0, 0.05) is 22.4 Å². The number of anilines is 1. The minimum Gasteiger partial charge on any atom is -0.493 e. The molecule has 0 fully saturated rings. The van der Waals surface area contributed by atoms with Crippen molar-refractivity contribution in [2.24, 2.45) is 0 Å². The molecule has 4 nitrogen and oxygen atoms in total. The lowest BCUT2D eigenvalue weighted by molar-refractivity contribution is -0.110. The van der Waals surface area contributed by atoms with Crippen LogP contribution in [0, 0.1) is 0 Å². The van der Waals surface area contributed by atoms with Crippen LogP contribution >= 0.6 is 0 Å². The Morgan fingerprint density at radius 1 is 0.926 bits per heavy atom. The van der Waals surface area contributed by atoms with Gasteiger partial charge >= 0.3 is 0 Å². The first-order valence-electron chi connectivity index (χ1n) is 8.72. The molecule has 1 aliphatic rings. The van der Waals surface area contributed by atoms with E-state index in [0.29, 0.717) is 23.7 Å². The van der Waals surface area contributed by atoms with Crippen LogP contribution in [0.3, 0.4) is 0 Å². The van der Waals surface area contributed by atoms with E-state index in [1.54, 1.807) is 7.11 Å². The van der Waals surface area contributed by atoms with Crippen LogP contribution < -0.4 is 14.8 Å². The van der Waals surface area contributed by atoms with Gasteiger partial charge in [0.1, 0.15) is 6.61 Å². The summed E-state index contributed by atoms with van der Waals surface area (Å²) in [5.41, 5.74) is 4.18. The lowest BCUT2D eigenvalue weighted by Crippen LogP contribution is -2.04. The second-order valence-corrected chi connectivity index (χ2v) is 6.21. The molecule has 4 heteroatoms. The first-order valence-corrected chi connectivity index (χ1v) is 8.72. The molecular formula is C23H19NO3. The maximum atomic E-state index is 12.4. The minimum atomic E-state index is -0.118. The molecule has 3 aromatic rings. The Labute approximate surface area is 158 Å². The molecule has 0 unspecified atom stereocenters. The van der Waals surface area contributed by atoms with Gasteiger partial charge in [0.15, 0.2) is 11.5 Å². The van der Waals surface area contributed by atoms with Crippen LogP contribution in [0.25, 0.3) is 11.6 Å². The summed E-state index contributed by atoms with van der Waals surface area (Å²) in [4.78, 5) is 12.4. The van der Waals surface area contributed by atoms with Crippen LogP contribution in [0.15, 0.2) is 72.8 Å². The predicted molar refractivity (Wildman–Crippen MR) is 107 cm³/mol.